The summed E-state index contributed by atoms with van der Waals surface area (Å²) < 4.78 is 2.34. The topological polar surface area (TPSA) is 90.1 Å². The van der Waals surface area contributed by atoms with Gasteiger partial charge in [0, 0.05) is 0 Å². The normalized spacial score (nSPS) is 13.0. The van der Waals surface area contributed by atoms with Crippen molar-refractivity contribution >= 4 is 29.1 Å². The molecule has 3 aromatic carbocycles. The third kappa shape index (κ3) is 3.27. The zero-order chi connectivity index (χ0) is 23.3. The summed E-state index contributed by atoms with van der Waals surface area (Å²) in [5, 5.41) is 8.31. The summed E-state index contributed by atoms with van der Waals surface area (Å²) in [6, 6.07) is 17.4. The summed E-state index contributed by atoms with van der Waals surface area (Å²) in [5.74, 6) is -0.712. The molecule has 164 valence electrons. The number of benzene rings is 3. The molecule has 0 atom stereocenters. The number of para-hydroxylation sites is 1. The molecule has 4 aromatic rings. The first-order chi connectivity index (χ1) is 15.9. The van der Waals surface area contributed by atoms with Gasteiger partial charge in [0.25, 0.3) is 11.8 Å². The van der Waals surface area contributed by atoms with Crippen molar-refractivity contribution in [2.24, 2.45) is 0 Å². The Kier molecular flexibility index (Phi) is 4.94. The molecular formula is C24H18ClN5O3. The van der Waals surface area contributed by atoms with Gasteiger partial charge in [-0.15, -0.1) is 0 Å². The fraction of sp³-hybridized carbons (Fsp3) is 0.125. The highest BCUT2D eigenvalue weighted by atomic mass is 35.5. The number of aryl methyl sites for hydroxylation is 1. The van der Waals surface area contributed by atoms with Gasteiger partial charge in [-0.05, 0) is 65.2 Å². The molecule has 8 nitrogen and oxygen atoms in total. The molecule has 2 heterocycles. The second-order valence-corrected chi connectivity index (χ2v) is 8.19. The van der Waals surface area contributed by atoms with Crippen molar-refractivity contribution < 1.29 is 9.59 Å². The molecule has 0 fully saturated rings. The fourth-order valence-electron chi connectivity index (χ4n) is 4.07. The summed E-state index contributed by atoms with van der Waals surface area (Å²) in [6.45, 7) is 3.74. The fourth-order valence-corrected chi connectivity index (χ4v) is 4.28. The van der Waals surface area contributed by atoms with Crippen LogP contribution in [-0.4, -0.2) is 31.6 Å². The quantitative estimate of drug-likeness (QED) is 0.435. The number of nitrogens with zero attached hydrogens (tertiary/aromatic N) is 5. The lowest BCUT2D eigenvalue weighted by Gasteiger charge is -2.19. The van der Waals surface area contributed by atoms with E-state index in [0.29, 0.717) is 33.1 Å². The van der Waals surface area contributed by atoms with E-state index in [1.165, 1.54) is 9.58 Å². The average Bonchev–Trinajstić information content (AvgIpc) is 3.28. The van der Waals surface area contributed by atoms with Gasteiger partial charge in [0.2, 0.25) is 0 Å². The number of carbonyl (C=O) groups is 2. The molecular weight excluding hydrogens is 442 g/mol. The zero-order valence-electron chi connectivity index (χ0n) is 17.8. The van der Waals surface area contributed by atoms with Crippen LogP contribution in [0, 0.1) is 13.8 Å². The number of tetrazole rings is 1. The molecule has 0 N–H and O–H groups in total. The first kappa shape index (κ1) is 20.8. The van der Waals surface area contributed by atoms with Crippen LogP contribution in [0.25, 0.3) is 5.69 Å². The maximum absolute atomic E-state index is 13.1. The van der Waals surface area contributed by atoms with Gasteiger partial charge < -0.3 is 0 Å². The van der Waals surface area contributed by atoms with E-state index < -0.39 is 5.69 Å². The first-order valence-corrected chi connectivity index (χ1v) is 10.6. The predicted molar refractivity (Wildman–Crippen MR) is 123 cm³/mol. The molecule has 1 aromatic heterocycles. The van der Waals surface area contributed by atoms with Crippen molar-refractivity contribution in [1.29, 1.82) is 0 Å². The molecule has 0 spiro atoms. The molecule has 0 bridgehead atoms. The van der Waals surface area contributed by atoms with Crippen LogP contribution in [-0.2, 0) is 6.54 Å². The Labute approximate surface area is 193 Å². The molecule has 0 saturated heterocycles. The van der Waals surface area contributed by atoms with Crippen molar-refractivity contribution in [3.05, 3.63) is 104 Å². The Morgan fingerprint density at radius 1 is 0.818 bits per heavy atom. The number of fused-ring (bicyclic) bond motifs is 1. The molecule has 2 amide bonds. The van der Waals surface area contributed by atoms with Gasteiger partial charge in [0.1, 0.15) is 0 Å². The summed E-state index contributed by atoms with van der Waals surface area (Å²) in [6.07, 6.45) is 0. The van der Waals surface area contributed by atoms with Gasteiger partial charge in [0.15, 0.2) is 0 Å². The van der Waals surface area contributed by atoms with E-state index in [9.17, 15) is 14.4 Å². The smallest absolute Gasteiger partial charge is 0.268 e. The molecule has 0 unspecified atom stereocenters. The van der Waals surface area contributed by atoms with E-state index in [1.807, 2.05) is 26.0 Å². The second kappa shape index (κ2) is 7.83. The Bertz CT molecular complexity index is 1500. The van der Waals surface area contributed by atoms with Crippen molar-refractivity contribution in [2.45, 2.75) is 20.4 Å². The van der Waals surface area contributed by atoms with E-state index >= 15 is 0 Å². The standard InChI is InChI=1S/C24H18ClN5O3/c1-14-7-5-9-17-21(14)23(32)29(22(17)31)19-12-6-8-16(15(19)2)13-28-24(33)30(27-26-28)20-11-4-3-10-18(20)25/h3-12H,13H2,1-2H3. The van der Waals surface area contributed by atoms with Crippen LogP contribution in [0.5, 0.6) is 0 Å². The number of amides is 2. The van der Waals surface area contributed by atoms with E-state index in [-0.39, 0.29) is 18.4 Å². The first-order valence-electron chi connectivity index (χ1n) is 10.2. The maximum atomic E-state index is 13.1. The Morgan fingerprint density at radius 2 is 1.55 bits per heavy atom. The summed E-state index contributed by atoms with van der Waals surface area (Å²) >= 11 is 6.19. The molecule has 1 aliphatic rings. The second-order valence-electron chi connectivity index (χ2n) is 7.79. The highest BCUT2D eigenvalue weighted by Gasteiger charge is 2.38. The van der Waals surface area contributed by atoms with E-state index in [4.69, 9.17) is 11.6 Å². The number of hydrogen-bond acceptors (Lipinski definition) is 5. The van der Waals surface area contributed by atoms with Crippen LogP contribution in [0.3, 0.4) is 0 Å². The molecule has 5 rings (SSSR count). The van der Waals surface area contributed by atoms with Crippen molar-refractivity contribution in [2.75, 3.05) is 4.90 Å². The summed E-state index contributed by atoms with van der Waals surface area (Å²) in [7, 11) is 0. The van der Waals surface area contributed by atoms with Crippen LogP contribution in [0.2, 0.25) is 5.02 Å². The van der Waals surface area contributed by atoms with Crippen LogP contribution in [0.15, 0.2) is 65.5 Å². The number of rotatable bonds is 4. The van der Waals surface area contributed by atoms with Gasteiger partial charge in [-0.25, -0.2) is 9.69 Å². The summed E-state index contributed by atoms with van der Waals surface area (Å²) in [5.41, 5.74) is 3.45. The Hall–Kier alpha value is -4.04. The van der Waals surface area contributed by atoms with Crippen LogP contribution in [0.1, 0.15) is 37.4 Å². The lowest BCUT2D eigenvalue weighted by molar-refractivity contribution is 0.0926. The SMILES string of the molecule is Cc1cccc2c1C(=O)N(c1cccc(Cn3nnn(-c4ccccc4Cl)c3=O)c1C)C2=O. The van der Waals surface area contributed by atoms with E-state index in [1.54, 1.807) is 48.5 Å². The van der Waals surface area contributed by atoms with Gasteiger partial charge >= 0.3 is 5.69 Å². The molecule has 0 radical (unpaired) electrons. The highest BCUT2D eigenvalue weighted by Crippen LogP contribution is 2.33. The third-order valence-electron chi connectivity index (χ3n) is 5.82. The van der Waals surface area contributed by atoms with Gasteiger partial charge in [-0.2, -0.15) is 9.36 Å². The maximum Gasteiger partial charge on any atom is 0.368 e. The minimum Gasteiger partial charge on any atom is -0.268 e. The Morgan fingerprint density at radius 3 is 2.30 bits per heavy atom. The van der Waals surface area contributed by atoms with Crippen molar-refractivity contribution in [3.63, 3.8) is 0 Å². The van der Waals surface area contributed by atoms with Crippen molar-refractivity contribution in [3.8, 4) is 5.69 Å². The van der Waals surface area contributed by atoms with E-state index in [2.05, 4.69) is 10.4 Å². The highest BCUT2D eigenvalue weighted by molar-refractivity contribution is 6.35. The van der Waals surface area contributed by atoms with Crippen LogP contribution in [0.4, 0.5) is 5.69 Å². The van der Waals surface area contributed by atoms with Crippen LogP contribution < -0.4 is 10.6 Å². The lowest BCUT2D eigenvalue weighted by Crippen LogP contribution is -2.30. The summed E-state index contributed by atoms with van der Waals surface area (Å²) in [4.78, 5) is 40.2. The number of aromatic nitrogens is 4. The van der Waals surface area contributed by atoms with Crippen LogP contribution >= 0.6 is 11.6 Å². The molecule has 33 heavy (non-hydrogen) atoms. The number of halogens is 1. The average molecular weight is 460 g/mol. The van der Waals surface area contributed by atoms with Gasteiger partial charge in [0.05, 0.1) is 34.1 Å². The third-order valence-corrected chi connectivity index (χ3v) is 6.14. The predicted octanol–water partition coefficient (Wildman–Crippen LogP) is 3.55. The molecule has 0 saturated carbocycles. The van der Waals surface area contributed by atoms with Gasteiger partial charge in [-0.3, -0.25) is 9.59 Å². The van der Waals surface area contributed by atoms with E-state index in [0.717, 1.165) is 15.8 Å². The monoisotopic (exact) mass is 459 g/mol. The largest absolute Gasteiger partial charge is 0.368 e. The number of carbonyl (C=O) groups excluding carboxylic acids is 2. The van der Waals surface area contributed by atoms with Crippen molar-refractivity contribution in [1.82, 2.24) is 19.8 Å². The number of imide groups is 1. The number of hydrogen-bond donors (Lipinski definition) is 0. The Balaban J connectivity index is 1.51. The van der Waals surface area contributed by atoms with Gasteiger partial charge in [-0.1, -0.05) is 48.0 Å². The minimum atomic E-state index is -0.454. The molecule has 1 aliphatic heterocycles. The lowest BCUT2D eigenvalue weighted by atomic mass is 10.0. The minimum absolute atomic E-state index is 0.116. The molecule has 9 heteroatoms. The zero-order valence-corrected chi connectivity index (χ0v) is 18.6. The molecule has 0 aliphatic carbocycles. The number of anilines is 1.